The third-order valence-electron chi connectivity index (χ3n) is 3.53. The molecule has 0 radical (unpaired) electrons. The van der Waals surface area contributed by atoms with Gasteiger partial charge in [0.1, 0.15) is 5.75 Å². The number of nitrogens with one attached hydrogen (secondary N) is 2. The van der Waals surface area contributed by atoms with E-state index in [2.05, 4.69) is 10.6 Å². The standard InChI is InChI=1S/C19H22Cl2N2O2/c1-4-25-18-13(9-14(20)10-17(18)21)11-22-15-5-7-16(8-6-15)23-19(24)12(2)3/h5-10,12,22H,4,11H2,1-3H3,(H,23,24). The molecule has 0 aromatic heterocycles. The van der Waals surface area contributed by atoms with E-state index in [9.17, 15) is 4.79 Å². The van der Waals surface area contributed by atoms with Gasteiger partial charge in [0.05, 0.1) is 11.6 Å². The Bertz CT molecular complexity index is 731. The Kier molecular flexibility index (Phi) is 6.97. The third-order valence-corrected chi connectivity index (χ3v) is 4.03. The number of carbonyl (C=O) groups is 1. The normalized spacial score (nSPS) is 10.6. The molecule has 1 amide bonds. The van der Waals surface area contributed by atoms with E-state index < -0.39 is 0 Å². The van der Waals surface area contributed by atoms with Crippen molar-refractivity contribution in [1.29, 1.82) is 0 Å². The van der Waals surface area contributed by atoms with Crippen molar-refractivity contribution in [2.45, 2.75) is 27.3 Å². The van der Waals surface area contributed by atoms with Gasteiger partial charge in [0, 0.05) is 34.4 Å². The molecule has 6 heteroatoms. The highest BCUT2D eigenvalue weighted by molar-refractivity contribution is 6.35. The van der Waals surface area contributed by atoms with Gasteiger partial charge in [-0.3, -0.25) is 4.79 Å². The zero-order valence-corrected chi connectivity index (χ0v) is 16.0. The van der Waals surface area contributed by atoms with Crippen molar-refractivity contribution in [1.82, 2.24) is 0 Å². The first kappa shape index (κ1) is 19.4. The summed E-state index contributed by atoms with van der Waals surface area (Å²) in [5.41, 5.74) is 2.57. The number of hydrogen-bond donors (Lipinski definition) is 2. The Balaban J connectivity index is 2.05. The molecule has 0 unspecified atom stereocenters. The summed E-state index contributed by atoms with van der Waals surface area (Å²) in [5.74, 6) is 0.583. The highest BCUT2D eigenvalue weighted by atomic mass is 35.5. The van der Waals surface area contributed by atoms with Crippen LogP contribution in [0.2, 0.25) is 10.0 Å². The minimum Gasteiger partial charge on any atom is -0.492 e. The van der Waals surface area contributed by atoms with Crippen molar-refractivity contribution >= 4 is 40.5 Å². The van der Waals surface area contributed by atoms with Crippen LogP contribution in [0.3, 0.4) is 0 Å². The maximum Gasteiger partial charge on any atom is 0.226 e. The molecular formula is C19H22Cl2N2O2. The maximum absolute atomic E-state index is 11.7. The monoisotopic (exact) mass is 380 g/mol. The van der Waals surface area contributed by atoms with Crippen LogP contribution in [0, 0.1) is 5.92 Å². The van der Waals surface area contributed by atoms with Crippen molar-refractivity contribution < 1.29 is 9.53 Å². The molecule has 0 heterocycles. The summed E-state index contributed by atoms with van der Waals surface area (Å²) in [6, 6.07) is 11.0. The molecule has 0 saturated heterocycles. The summed E-state index contributed by atoms with van der Waals surface area (Å²) < 4.78 is 5.62. The van der Waals surface area contributed by atoms with E-state index in [0.717, 1.165) is 16.9 Å². The number of hydrogen-bond acceptors (Lipinski definition) is 3. The van der Waals surface area contributed by atoms with Crippen molar-refractivity contribution in [3.8, 4) is 5.75 Å². The molecule has 25 heavy (non-hydrogen) atoms. The van der Waals surface area contributed by atoms with Gasteiger partial charge in [0.25, 0.3) is 0 Å². The molecule has 4 nitrogen and oxygen atoms in total. The van der Waals surface area contributed by atoms with Crippen LogP contribution in [0.4, 0.5) is 11.4 Å². The van der Waals surface area contributed by atoms with Gasteiger partial charge in [0.15, 0.2) is 0 Å². The molecule has 0 saturated carbocycles. The van der Waals surface area contributed by atoms with Gasteiger partial charge in [0.2, 0.25) is 5.91 Å². The van der Waals surface area contributed by atoms with Crippen LogP contribution < -0.4 is 15.4 Å². The van der Waals surface area contributed by atoms with Gasteiger partial charge in [-0.15, -0.1) is 0 Å². The lowest BCUT2D eigenvalue weighted by Gasteiger charge is -2.14. The van der Waals surface area contributed by atoms with Crippen LogP contribution in [-0.2, 0) is 11.3 Å². The van der Waals surface area contributed by atoms with Crippen molar-refractivity contribution in [3.05, 3.63) is 52.0 Å². The summed E-state index contributed by atoms with van der Waals surface area (Å²) in [6.07, 6.45) is 0. The van der Waals surface area contributed by atoms with E-state index in [1.54, 1.807) is 6.07 Å². The number of anilines is 2. The second-order valence-corrected chi connectivity index (χ2v) is 6.73. The van der Waals surface area contributed by atoms with Crippen LogP contribution in [0.5, 0.6) is 5.75 Å². The Morgan fingerprint density at radius 3 is 2.36 bits per heavy atom. The molecule has 0 fully saturated rings. The Morgan fingerprint density at radius 2 is 1.76 bits per heavy atom. The molecular weight excluding hydrogens is 359 g/mol. The molecule has 2 aromatic carbocycles. The first-order chi connectivity index (χ1) is 11.9. The Hall–Kier alpha value is -1.91. The highest BCUT2D eigenvalue weighted by Gasteiger charge is 2.11. The number of ether oxygens (including phenoxy) is 1. The summed E-state index contributed by atoms with van der Waals surface area (Å²) in [4.78, 5) is 11.7. The minimum atomic E-state index is -0.0534. The van der Waals surface area contributed by atoms with Crippen molar-refractivity contribution in [3.63, 3.8) is 0 Å². The smallest absolute Gasteiger partial charge is 0.226 e. The van der Waals surface area contributed by atoms with E-state index in [-0.39, 0.29) is 11.8 Å². The fourth-order valence-corrected chi connectivity index (χ4v) is 2.80. The van der Waals surface area contributed by atoms with Gasteiger partial charge in [-0.25, -0.2) is 0 Å². The lowest BCUT2D eigenvalue weighted by atomic mass is 10.2. The number of carbonyl (C=O) groups excluding carboxylic acids is 1. The number of benzene rings is 2. The lowest BCUT2D eigenvalue weighted by Crippen LogP contribution is -2.17. The molecule has 0 spiro atoms. The van der Waals surface area contributed by atoms with Gasteiger partial charge in [-0.1, -0.05) is 37.0 Å². The van der Waals surface area contributed by atoms with E-state index in [4.69, 9.17) is 27.9 Å². The summed E-state index contributed by atoms with van der Waals surface area (Å²) in [6.45, 7) is 6.67. The molecule has 0 bridgehead atoms. The van der Waals surface area contributed by atoms with E-state index in [1.807, 2.05) is 51.1 Å². The van der Waals surface area contributed by atoms with Crippen LogP contribution in [0.25, 0.3) is 0 Å². The topological polar surface area (TPSA) is 50.4 Å². The van der Waals surface area contributed by atoms with Gasteiger partial charge in [-0.2, -0.15) is 0 Å². The molecule has 0 aliphatic rings. The fourth-order valence-electron chi connectivity index (χ4n) is 2.21. The third kappa shape index (κ3) is 5.55. The average molecular weight is 381 g/mol. The molecule has 2 aromatic rings. The Labute approximate surface area is 158 Å². The van der Waals surface area contributed by atoms with Gasteiger partial charge < -0.3 is 15.4 Å². The molecule has 2 N–H and O–H groups in total. The molecule has 0 aliphatic carbocycles. The SMILES string of the molecule is CCOc1c(Cl)cc(Cl)cc1CNc1ccc(NC(=O)C(C)C)cc1. The predicted molar refractivity (Wildman–Crippen MR) is 105 cm³/mol. The highest BCUT2D eigenvalue weighted by Crippen LogP contribution is 2.33. The first-order valence-electron chi connectivity index (χ1n) is 8.16. The van der Waals surface area contributed by atoms with Crippen molar-refractivity contribution in [2.75, 3.05) is 17.2 Å². The van der Waals surface area contributed by atoms with Crippen LogP contribution in [-0.4, -0.2) is 12.5 Å². The van der Waals surface area contributed by atoms with Crippen molar-refractivity contribution in [2.24, 2.45) is 5.92 Å². The van der Waals surface area contributed by atoms with Crippen LogP contribution in [0.1, 0.15) is 26.3 Å². The molecule has 134 valence electrons. The minimum absolute atomic E-state index is 0.00404. The molecule has 0 atom stereocenters. The van der Waals surface area contributed by atoms with E-state index >= 15 is 0 Å². The fraction of sp³-hybridized carbons (Fsp3) is 0.316. The van der Waals surface area contributed by atoms with Crippen LogP contribution >= 0.6 is 23.2 Å². The average Bonchev–Trinajstić information content (AvgIpc) is 2.56. The van der Waals surface area contributed by atoms with Gasteiger partial charge in [-0.05, 0) is 43.3 Å². The number of halogens is 2. The second kappa shape index (κ2) is 8.97. The first-order valence-corrected chi connectivity index (χ1v) is 8.91. The van der Waals surface area contributed by atoms with E-state index in [0.29, 0.717) is 28.9 Å². The second-order valence-electron chi connectivity index (χ2n) is 5.88. The summed E-state index contributed by atoms with van der Waals surface area (Å²) in [5, 5.41) is 7.23. The summed E-state index contributed by atoms with van der Waals surface area (Å²) >= 11 is 12.3. The molecule has 2 rings (SSSR count). The van der Waals surface area contributed by atoms with Gasteiger partial charge >= 0.3 is 0 Å². The Morgan fingerprint density at radius 1 is 1.12 bits per heavy atom. The molecule has 0 aliphatic heterocycles. The lowest BCUT2D eigenvalue weighted by molar-refractivity contribution is -0.118. The largest absolute Gasteiger partial charge is 0.492 e. The van der Waals surface area contributed by atoms with E-state index in [1.165, 1.54) is 0 Å². The quantitative estimate of drug-likeness (QED) is 0.657. The number of rotatable bonds is 7. The maximum atomic E-state index is 11.7. The number of amides is 1. The summed E-state index contributed by atoms with van der Waals surface area (Å²) in [7, 11) is 0. The van der Waals surface area contributed by atoms with Crippen LogP contribution in [0.15, 0.2) is 36.4 Å². The predicted octanol–water partition coefficient (Wildman–Crippen LogP) is 5.60. The zero-order valence-electron chi connectivity index (χ0n) is 14.5. The zero-order chi connectivity index (χ0) is 18.4.